The van der Waals surface area contributed by atoms with Gasteiger partial charge in [-0.05, 0) is 61.9 Å². The van der Waals surface area contributed by atoms with E-state index in [0.717, 1.165) is 25.0 Å². The van der Waals surface area contributed by atoms with E-state index in [9.17, 15) is 4.79 Å². The van der Waals surface area contributed by atoms with Crippen LogP contribution in [0.3, 0.4) is 0 Å². The van der Waals surface area contributed by atoms with Crippen LogP contribution < -0.4 is 5.32 Å². The van der Waals surface area contributed by atoms with Crippen LogP contribution >= 0.6 is 0 Å². The summed E-state index contributed by atoms with van der Waals surface area (Å²) < 4.78 is 2.02. The molecule has 2 aromatic carbocycles. The standard InChI is InChI=1S/C24H29N3O/c1-18-8-9-22-20(14-18)10-12-26(22)16-23(28)25-17-24(2,3)27-13-11-19-6-4-5-7-21(19)15-27/h4-10,12,14H,11,13,15-17H2,1-3H3,(H,25,28). The molecule has 0 spiro atoms. The van der Waals surface area contributed by atoms with Gasteiger partial charge in [-0.2, -0.15) is 0 Å². The molecule has 0 saturated carbocycles. The molecule has 0 aliphatic carbocycles. The van der Waals surface area contributed by atoms with Crippen LogP contribution in [0.25, 0.3) is 10.9 Å². The Balaban J connectivity index is 1.37. The van der Waals surface area contributed by atoms with Crippen LogP contribution in [0.15, 0.2) is 54.7 Å². The first-order chi connectivity index (χ1) is 13.4. The number of carbonyl (C=O) groups excluding carboxylic acids is 1. The molecule has 0 radical (unpaired) electrons. The van der Waals surface area contributed by atoms with Crippen molar-refractivity contribution >= 4 is 16.8 Å². The molecule has 0 atom stereocenters. The monoisotopic (exact) mass is 375 g/mol. The first kappa shape index (κ1) is 18.8. The van der Waals surface area contributed by atoms with Crippen LogP contribution in [0.4, 0.5) is 0 Å². The number of aryl methyl sites for hydroxylation is 1. The zero-order valence-electron chi connectivity index (χ0n) is 17.0. The van der Waals surface area contributed by atoms with E-state index in [1.807, 2.05) is 10.8 Å². The molecule has 0 saturated heterocycles. The second-order valence-electron chi connectivity index (χ2n) is 8.54. The highest BCUT2D eigenvalue weighted by Gasteiger charge is 2.30. The first-order valence-corrected chi connectivity index (χ1v) is 10.1. The largest absolute Gasteiger partial charge is 0.353 e. The fourth-order valence-corrected chi connectivity index (χ4v) is 4.11. The summed E-state index contributed by atoms with van der Waals surface area (Å²) in [5.74, 6) is 0.0589. The van der Waals surface area contributed by atoms with Gasteiger partial charge in [0.2, 0.25) is 5.91 Å². The molecule has 1 aromatic heterocycles. The number of amides is 1. The van der Waals surface area contributed by atoms with Crippen LogP contribution in [0.5, 0.6) is 0 Å². The lowest BCUT2D eigenvalue weighted by Gasteiger charge is -2.41. The van der Waals surface area contributed by atoms with Crippen molar-refractivity contribution in [1.82, 2.24) is 14.8 Å². The van der Waals surface area contributed by atoms with E-state index in [1.54, 1.807) is 0 Å². The highest BCUT2D eigenvalue weighted by molar-refractivity contribution is 5.83. The second-order valence-corrected chi connectivity index (χ2v) is 8.54. The van der Waals surface area contributed by atoms with E-state index >= 15 is 0 Å². The van der Waals surface area contributed by atoms with Gasteiger partial charge in [-0.25, -0.2) is 0 Å². The average Bonchev–Trinajstić information content (AvgIpc) is 3.07. The number of hydrogen-bond acceptors (Lipinski definition) is 2. The highest BCUT2D eigenvalue weighted by atomic mass is 16.1. The average molecular weight is 376 g/mol. The lowest BCUT2D eigenvalue weighted by atomic mass is 9.94. The zero-order valence-corrected chi connectivity index (χ0v) is 17.0. The number of benzene rings is 2. The molecule has 2 heterocycles. The summed E-state index contributed by atoms with van der Waals surface area (Å²) >= 11 is 0. The SMILES string of the molecule is Cc1ccc2c(ccn2CC(=O)NCC(C)(C)N2CCc3ccccc3C2)c1. The van der Waals surface area contributed by atoms with Gasteiger partial charge < -0.3 is 9.88 Å². The molecule has 1 N–H and O–H groups in total. The Morgan fingerprint density at radius 1 is 1.11 bits per heavy atom. The Bertz CT molecular complexity index is 1000. The van der Waals surface area contributed by atoms with Gasteiger partial charge in [0.25, 0.3) is 0 Å². The number of hydrogen-bond donors (Lipinski definition) is 1. The van der Waals surface area contributed by atoms with Crippen molar-refractivity contribution < 1.29 is 4.79 Å². The molecular formula is C24H29N3O. The minimum Gasteiger partial charge on any atom is -0.353 e. The van der Waals surface area contributed by atoms with Crippen LogP contribution in [0, 0.1) is 6.92 Å². The molecule has 0 unspecified atom stereocenters. The number of nitrogens with one attached hydrogen (secondary N) is 1. The molecule has 146 valence electrons. The molecule has 1 aliphatic rings. The second kappa shape index (κ2) is 7.44. The summed E-state index contributed by atoms with van der Waals surface area (Å²) in [6.07, 6.45) is 3.07. The molecule has 0 bridgehead atoms. The summed E-state index contributed by atoms with van der Waals surface area (Å²) in [5.41, 5.74) is 5.11. The fraction of sp³-hybridized carbons (Fsp3) is 0.375. The van der Waals surface area contributed by atoms with Gasteiger partial charge >= 0.3 is 0 Å². The zero-order chi connectivity index (χ0) is 19.7. The third kappa shape index (κ3) is 3.83. The number of rotatable bonds is 5. The van der Waals surface area contributed by atoms with Crippen LogP contribution in [-0.4, -0.2) is 34.0 Å². The van der Waals surface area contributed by atoms with Crippen LogP contribution in [0.1, 0.15) is 30.5 Å². The van der Waals surface area contributed by atoms with Gasteiger partial charge in [0.1, 0.15) is 6.54 Å². The van der Waals surface area contributed by atoms with Gasteiger partial charge in [0.05, 0.1) is 0 Å². The van der Waals surface area contributed by atoms with E-state index in [-0.39, 0.29) is 11.4 Å². The van der Waals surface area contributed by atoms with Gasteiger partial charge in [0, 0.05) is 36.9 Å². The van der Waals surface area contributed by atoms with Crippen LogP contribution in [-0.2, 0) is 24.3 Å². The summed E-state index contributed by atoms with van der Waals surface area (Å²) in [6, 6.07) is 17.1. The maximum Gasteiger partial charge on any atom is 0.240 e. The van der Waals surface area contributed by atoms with Crippen molar-refractivity contribution in [3.05, 3.63) is 71.4 Å². The van der Waals surface area contributed by atoms with E-state index in [0.29, 0.717) is 13.1 Å². The van der Waals surface area contributed by atoms with Gasteiger partial charge in [-0.3, -0.25) is 9.69 Å². The van der Waals surface area contributed by atoms with Crippen molar-refractivity contribution in [3.63, 3.8) is 0 Å². The normalized spacial score (nSPS) is 14.8. The minimum absolute atomic E-state index is 0.0589. The molecule has 28 heavy (non-hydrogen) atoms. The molecule has 4 rings (SSSR count). The third-order valence-corrected chi connectivity index (χ3v) is 5.95. The molecule has 0 fully saturated rings. The summed E-state index contributed by atoms with van der Waals surface area (Å²) in [5, 5.41) is 4.34. The van der Waals surface area contributed by atoms with Crippen molar-refractivity contribution in [2.45, 2.75) is 45.8 Å². The Labute approximate surface area is 167 Å². The summed E-state index contributed by atoms with van der Waals surface area (Å²) in [7, 11) is 0. The summed E-state index contributed by atoms with van der Waals surface area (Å²) in [4.78, 5) is 15.1. The molecule has 1 aliphatic heterocycles. The van der Waals surface area contributed by atoms with Gasteiger partial charge in [0.15, 0.2) is 0 Å². The molecule has 4 heteroatoms. The van der Waals surface area contributed by atoms with E-state index in [2.05, 4.69) is 79.5 Å². The fourth-order valence-electron chi connectivity index (χ4n) is 4.11. The Morgan fingerprint density at radius 3 is 2.71 bits per heavy atom. The Hall–Kier alpha value is -2.59. The number of aromatic nitrogens is 1. The highest BCUT2D eigenvalue weighted by Crippen LogP contribution is 2.25. The number of fused-ring (bicyclic) bond motifs is 2. The summed E-state index contributed by atoms with van der Waals surface area (Å²) in [6.45, 7) is 9.49. The van der Waals surface area contributed by atoms with Crippen molar-refractivity contribution in [2.75, 3.05) is 13.1 Å². The van der Waals surface area contributed by atoms with Crippen molar-refractivity contribution in [1.29, 1.82) is 0 Å². The predicted molar refractivity (Wildman–Crippen MR) is 114 cm³/mol. The quantitative estimate of drug-likeness (QED) is 0.734. The number of nitrogens with zero attached hydrogens (tertiary/aromatic N) is 2. The van der Waals surface area contributed by atoms with Crippen LogP contribution in [0.2, 0.25) is 0 Å². The molecular weight excluding hydrogens is 346 g/mol. The van der Waals surface area contributed by atoms with Gasteiger partial charge in [-0.1, -0.05) is 35.9 Å². The Kier molecular flexibility index (Phi) is 4.98. The van der Waals surface area contributed by atoms with E-state index < -0.39 is 0 Å². The first-order valence-electron chi connectivity index (χ1n) is 10.1. The van der Waals surface area contributed by atoms with Crippen molar-refractivity contribution in [2.24, 2.45) is 0 Å². The molecule has 3 aromatic rings. The Morgan fingerprint density at radius 2 is 1.89 bits per heavy atom. The van der Waals surface area contributed by atoms with E-state index in [1.165, 1.54) is 22.1 Å². The predicted octanol–water partition coefficient (Wildman–Crippen LogP) is 3.90. The molecule has 1 amide bonds. The maximum absolute atomic E-state index is 12.6. The van der Waals surface area contributed by atoms with Gasteiger partial charge in [-0.15, -0.1) is 0 Å². The topological polar surface area (TPSA) is 37.3 Å². The smallest absolute Gasteiger partial charge is 0.240 e. The number of carbonyl (C=O) groups is 1. The lowest BCUT2D eigenvalue weighted by molar-refractivity contribution is -0.122. The van der Waals surface area contributed by atoms with Crippen molar-refractivity contribution in [3.8, 4) is 0 Å². The lowest BCUT2D eigenvalue weighted by Crippen LogP contribution is -2.53. The van der Waals surface area contributed by atoms with E-state index in [4.69, 9.17) is 0 Å². The maximum atomic E-state index is 12.6. The third-order valence-electron chi connectivity index (χ3n) is 5.95. The molecule has 4 nitrogen and oxygen atoms in total. The minimum atomic E-state index is -0.0843.